The topological polar surface area (TPSA) is 73.7 Å². The number of ether oxygens (including phenoxy) is 2. The number of benzene rings is 1. The summed E-state index contributed by atoms with van der Waals surface area (Å²) in [6.07, 6.45) is 9.36. The highest BCUT2D eigenvalue weighted by molar-refractivity contribution is 5.86. The van der Waals surface area contributed by atoms with Crippen molar-refractivity contribution >= 4 is 11.8 Å². The van der Waals surface area contributed by atoms with Crippen LogP contribution in [0.4, 0.5) is 4.79 Å². The number of hydrogen-bond acceptors (Lipinski definition) is 5. The van der Waals surface area contributed by atoms with Gasteiger partial charge in [-0.2, -0.15) is 0 Å². The third kappa shape index (κ3) is 3.68. The van der Waals surface area contributed by atoms with Crippen LogP contribution >= 0.6 is 0 Å². The second kappa shape index (κ2) is 8.13. The standard InChI is InChI=1S/C23H29N3O4/c1-16(27)23(2)14-26(22(28)25-11-10-24-15-25)13-19(23)17-8-9-20(29-3)21(12-17)30-18-6-4-5-7-18/h8-12,15,18-19H,4-7,13-14H2,1-3H3. The number of imidazole rings is 1. The van der Waals surface area contributed by atoms with Crippen molar-refractivity contribution in [2.45, 2.75) is 51.6 Å². The van der Waals surface area contributed by atoms with Crippen LogP contribution in [-0.2, 0) is 4.79 Å². The minimum absolute atomic E-state index is 0.0718. The molecule has 1 aliphatic heterocycles. The van der Waals surface area contributed by atoms with Crippen LogP contribution in [0.25, 0.3) is 0 Å². The highest BCUT2D eigenvalue weighted by Gasteiger charge is 2.49. The molecule has 0 N–H and O–H groups in total. The number of rotatable bonds is 5. The maximum atomic E-state index is 12.9. The summed E-state index contributed by atoms with van der Waals surface area (Å²) in [6.45, 7) is 4.39. The van der Waals surface area contributed by atoms with Crippen molar-refractivity contribution in [1.82, 2.24) is 14.5 Å². The first-order valence-corrected chi connectivity index (χ1v) is 10.5. The second-order valence-electron chi connectivity index (χ2n) is 8.59. The molecule has 4 rings (SSSR count). The van der Waals surface area contributed by atoms with E-state index in [9.17, 15) is 9.59 Å². The van der Waals surface area contributed by atoms with Gasteiger partial charge in [-0.15, -0.1) is 0 Å². The van der Waals surface area contributed by atoms with Crippen LogP contribution in [0.3, 0.4) is 0 Å². The first-order valence-electron chi connectivity index (χ1n) is 10.5. The van der Waals surface area contributed by atoms with E-state index in [1.54, 1.807) is 31.3 Å². The molecule has 1 saturated heterocycles. The predicted octanol–water partition coefficient (Wildman–Crippen LogP) is 3.88. The second-order valence-corrected chi connectivity index (χ2v) is 8.59. The normalized spacial score (nSPS) is 24.2. The van der Waals surface area contributed by atoms with Crippen molar-refractivity contribution in [2.75, 3.05) is 20.2 Å². The van der Waals surface area contributed by atoms with Crippen molar-refractivity contribution in [2.24, 2.45) is 5.41 Å². The summed E-state index contributed by atoms with van der Waals surface area (Å²) in [4.78, 5) is 31.3. The Hall–Kier alpha value is -2.83. The lowest BCUT2D eigenvalue weighted by Crippen LogP contribution is -2.36. The van der Waals surface area contributed by atoms with Gasteiger partial charge in [0.2, 0.25) is 0 Å². The van der Waals surface area contributed by atoms with Crippen molar-refractivity contribution in [3.8, 4) is 11.5 Å². The van der Waals surface area contributed by atoms with Crippen LogP contribution in [-0.4, -0.2) is 52.6 Å². The monoisotopic (exact) mass is 411 g/mol. The summed E-state index contributed by atoms with van der Waals surface area (Å²) in [5, 5.41) is 0. The fourth-order valence-corrected chi connectivity index (χ4v) is 4.69. The number of nitrogens with zero attached hydrogens (tertiary/aromatic N) is 3. The Labute approximate surface area is 177 Å². The molecule has 2 heterocycles. The molecule has 0 spiro atoms. The molecule has 0 radical (unpaired) electrons. The van der Waals surface area contributed by atoms with E-state index in [0.717, 1.165) is 18.4 Å². The molecule has 2 fully saturated rings. The van der Waals surface area contributed by atoms with E-state index in [4.69, 9.17) is 9.47 Å². The molecule has 2 aliphatic rings. The van der Waals surface area contributed by atoms with Gasteiger partial charge in [0, 0.05) is 31.4 Å². The van der Waals surface area contributed by atoms with Crippen molar-refractivity contribution in [1.29, 1.82) is 0 Å². The van der Waals surface area contributed by atoms with Crippen LogP contribution < -0.4 is 9.47 Å². The minimum atomic E-state index is -0.671. The first-order chi connectivity index (χ1) is 14.4. The lowest BCUT2D eigenvalue weighted by molar-refractivity contribution is -0.125. The Bertz CT molecular complexity index is 921. The molecule has 160 valence electrons. The number of aromatic nitrogens is 2. The van der Waals surface area contributed by atoms with Gasteiger partial charge in [-0.05, 0) is 50.3 Å². The van der Waals surface area contributed by atoms with Gasteiger partial charge in [-0.3, -0.25) is 9.36 Å². The number of methoxy groups -OCH3 is 1. The average molecular weight is 412 g/mol. The summed E-state index contributed by atoms with van der Waals surface area (Å²) in [5.41, 5.74) is 0.317. The van der Waals surface area contributed by atoms with E-state index in [0.29, 0.717) is 24.6 Å². The fraction of sp³-hybridized carbons (Fsp3) is 0.522. The third-order valence-electron chi connectivity index (χ3n) is 6.68. The predicted molar refractivity (Wildman–Crippen MR) is 112 cm³/mol. The van der Waals surface area contributed by atoms with Gasteiger partial charge in [0.15, 0.2) is 11.5 Å². The highest BCUT2D eigenvalue weighted by atomic mass is 16.5. The van der Waals surface area contributed by atoms with Crippen LogP contribution in [0.2, 0.25) is 0 Å². The smallest absolute Gasteiger partial charge is 0.329 e. The summed E-state index contributed by atoms with van der Waals surface area (Å²) in [6, 6.07) is 5.71. The molecule has 1 amide bonds. The molecule has 1 aliphatic carbocycles. The molecule has 2 aromatic rings. The molecule has 30 heavy (non-hydrogen) atoms. The summed E-state index contributed by atoms with van der Waals surface area (Å²) in [5.74, 6) is 1.36. The summed E-state index contributed by atoms with van der Waals surface area (Å²) >= 11 is 0. The van der Waals surface area contributed by atoms with E-state index in [2.05, 4.69) is 4.98 Å². The van der Waals surface area contributed by atoms with E-state index < -0.39 is 5.41 Å². The molecule has 2 atom stereocenters. The van der Waals surface area contributed by atoms with Gasteiger partial charge < -0.3 is 14.4 Å². The average Bonchev–Trinajstić information content (AvgIpc) is 3.49. The highest BCUT2D eigenvalue weighted by Crippen LogP contribution is 2.46. The van der Waals surface area contributed by atoms with Crippen molar-refractivity contribution in [3.05, 3.63) is 42.5 Å². The van der Waals surface area contributed by atoms with E-state index in [-0.39, 0.29) is 23.8 Å². The van der Waals surface area contributed by atoms with Gasteiger partial charge in [0.05, 0.1) is 18.6 Å². The zero-order chi connectivity index (χ0) is 21.3. The molecular formula is C23H29N3O4. The van der Waals surface area contributed by atoms with Gasteiger partial charge >= 0.3 is 6.03 Å². The molecule has 0 bridgehead atoms. The van der Waals surface area contributed by atoms with E-state index >= 15 is 0 Å². The van der Waals surface area contributed by atoms with Crippen LogP contribution in [0, 0.1) is 5.41 Å². The first kappa shape index (κ1) is 20.4. The molecule has 7 nitrogen and oxygen atoms in total. The molecule has 1 aromatic carbocycles. The Kier molecular flexibility index (Phi) is 5.54. The number of carbonyl (C=O) groups excluding carboxylic acids is 2. The van der Waals surface area contributed by atoms with Gasteiger partial charge in [-0.25, -0.2) is 9.78 Å². The summed E-state index contributed by atoms with van der Waals surface area (Å²) in [7, 11) is 1.64. The van der Waals surface area contributed by atoms with Crippen molar-refractivity contribution in [3.63, 3.8) is 0 Å². The summed E-state index contributed by atoms with van der Waals surface area (Å²) < 4.78 is 13.2. The number of ketones is 1. The Morgan fingerprint density at radius 3 is 2.60 bits per heavy atom. The van der Waals surface area contributed by atoms with Crippen LogP contribution in [0.5, 0.6) is 11.5 Å². The molecule has 1 saturated carbocycles. The Balaban J connectivity index is 1.64. The molecule has 7 heteroatoms. The lowest BCUT2D eigenvalue weighted by atomic mass is 9.73. The Morgan fingerprint density at radius 2 is 1.97 bits per heavy atom. The molecule has 1 aromatic heterocycles. The van der Waals surface area contributed by atoms with Gasteiger partial charge in [0.25, 0.3) is 0 Å². The molecular weight excluding hydrogens is 382 g/mol. The Morgan fingerprint density at radius 1 is 1.20 bits per heavy atom. The fourth-order valence-electron chi connectivity index (χ4n) is 4.69. The number of carbonyl (C=O) groups is 2. The maximum absolute atomic E-state index is 12.9. The van der Waals surface area contributed by atoms with Crippen LogP contribution in [0.15, 0.2) is 36.9 Å². The third-order valence-corrected chi connectivity index (χ3v) is 6.68. The minimum Gasteiger partial charge on any atom is -0.493 e. The number of Topliss-reactive ketones (excluding diaryl/α,β-unsaturated/α-hetero) is 1. The number of likely N-dealkylation sites (tertiary alicyclic amines) is 1. The molecule has 2 unspecified atom stereocenters. The number of amides is 1. The maximum Gasteiger partial charge on any atom is 0.329 e. The number of hydrogen-bond donors (Lipinski definition) is 0. The van der Waals surface area contributed by atoms with Gasteiger partial charge in [0.1, 0.15) is 12.1 Å². The van der Waals surface area contributed by atoms with Gasteiger partial charge in [-0.1, -0.05) is 13.0 Å². The van der Waals surface area contributed by atoms with Crippen LogP contribution in [0.1, 0.15) is 51.0 Å². The zero-order valence-corrected chi connectivity index (χ0v) is 17.8. The van der Waals surface area contributed by atoms with Crippen molar-refractivity contribution < 1.29 is 19.1 Å². The van der Waals surface area contributed by atoms with E-state index in [1.807, 2.05) is 25.1 Å². The largest absolute Gasteiger partial charge is 0.493 e. The zero-order valence-electron chi connectivity index (χ0n) is 17.8. The SMILES string of the molecule is COc1ccc(C2CN(C(=O)n3ccnc3)CC2(C)C(C)=O)cc1OC1CCCC1. The quantitative estimate of drug-likeness (QED) is 0.747. The lowest BCUT2D eigenvalue weighted by Gasteiger charge is -2.28. The van der Waals surface area contributed by atoms with E-state index in [1.165, 1.54) is 23.7 Å².